The minimum atomic E-state index is 0.447. The molecule has 3 aromatic heterocycles. The van der Waals surface area contributed by atoms with Gasteiger partial charge in [-0.25, -0.2) is 19.9 Å². The van der Waals surface area contributed by atoms with Gasteiger partial charge >= 0.3 is 0 Å². The molecule has 0 aliphatic heterocycles. The highest BCUT2D eigenvalue weighted by molar-refractivity contribution is 7.97. The first kappa shape index (κ1) is 21.1. The summed E-state index contributed by atoms with van der Waals surface area (Å²) in [5, 5.41) is 4.04. The van der Waals surface area contributed by atoms with Gasteiger partial charge in [-0.15, -0.1) is 0 Å². The quantitative estimate of drug-likeness (QED) is 0.405. The first-order valence-corrected chi connectivity index (χ1v) is 11.2. The number of nitrogens with one attached hydrogen (secondary N) is 1. The highest BCUT2D eigenvalue weighted by Crippen LogP contribution is 2.34. The Morgan fingerprint density at radius 3 is 2.94 bits per heavy atom. The first-order chi connectivity index (χ1) is 15.1. The Hall–Kier alpha value is -3.17. The number of fused-ring (bicyclic) bond motifs is 1. The summed E-state index contributed by atoms with van der Waals surface area (Å²) in [6.45, 7) is 3.48. The Bertz CT molecular complexity index is 1210. The molecule has 0 fully saturated rings. The van der Waals surface area contributed by atoms with Crippen LogP contribution in [0.3, 0.4) is 0 Å². The molecule has 0 bridgehead atoms. The average Bonchev–Trinajstić information content (AvgIpc) is 3.17. The summed E-state index contributed by atoms with van der Waals surface area (Å²) < 4.78 is 7.87. The fraction of sp³-hybridized carbons (Fsp3) is 0.273. The molecule has 0 aliphatic carbocycles. The highest BCUT2D eigenvalue weighted by atomic mass is 32.2. The predicted octanol–water partition coefficient (Wildman–Crippen LogP) is 3.56. The van der Waals surface area contributed by atoms with E-state index in [9.17, 15) is 0 Å². The van der Waals surface area contributed by atoms with E-state index in [1.807, 2.05) is 54.7 Å². The molecule has 0 atom stereocenters. The molecule has 160 valence electrons. The highest BCUT2D eigenvalue weighted by Gasteiger charge is 2.18. The lowest BCUT2D eigenvalue weighted by molar-refractivity contribution is 0.310. The maximum atomic E-state index is 6.30. The standard InChI is InChI=1S/C22H25N7OS/c1-14-19(18-12-29(31-3)22-17(18)11-25-13-26-22)27-21(28-20(14)23)15-6-4-7-16(10-15)30-9-5-8-24-2/h4,6-7,10-13,24H,5,8-9H2,1-3H3,(H2,23,27,28). The molecular formula is C22H25N7OS. The molecule has 0 aliphatic rings. The maximum Gasteiger partial charge on any atom is 0.162 e. The molecule has 4 aromatic rings. The number of aromatic nitrogens is 5. The topological polar surface area (TPSA) is 104 Å². The monoisotopic (exact) mass is 435 g/mol. The molecule has 3 heterocycles. The van der Waals surface area contributed by atoms with Crippen molar-refractivity contribution in [3.05, 3.63) is 48.5 Å². The fourth-order valence-corrected chi connectivity index (χ4v) is 3.88. The van der Waals surface area contributed by atoms with Crippen LogP contribution in [0.2, 0.25) is 0 Å². The van der Waals surface area contributed by atoms with E-state index in [-0.39, 0.29) is 0 Å². The SMILES string of the molecule is CNCCCOc1cccc(-c2nc(N)c(C)c(-c3cn(SC)c4ncncc34)n2)c1. The molecule has 0 saturated heterocycles. The zero-order valence-corrected chi connectivity index (χ0v) is 18.6. The minimum Gasteiger partial charge on any atom is -0.494 e. The number of rotatable bonds is 8. The van der Waals surface area contributed by atoms with Crippen LogP contribution in [0, 0.1) is 6.92 Å². The van der Waals surface area contributed by atoms with E-state index < -0.39 is 0 Å². The molecule has 31 heavy (non-hydrogen) atoms. The molecule has 0 unspecified atom stereocenters. The molecule has 1 aromatic carbocycles. The minimum absolute atomic E-state index is 0.447. The molecular weight excluding hydrogens is 410 g/mol. The summed E-state index contributed by atoms with van der Waals surface area (Å²) in [4.78, 5) is 18.1. The second kappa shape index (κ2) is 9.32. The zero-order chi connectivity index (χ0) is 21.8. The smallest absolute Gasteiger partial charge is 0.162 e. The Labute approximate surface area is 185 Å². The van der Waals surface area contributed by atoms with Crippen molar-refractivity contribution in [2.24, 2.45) is 0 Å². The van der Waals surface area contributed by atoms with Crippen LogP contribution in [0.25, 0.3) is 33.7 Å². The number of benzene rings is 1. The number of ether oxygens (including phenoxy) is 1. The molecule has 9 heteroatoms. The van der Waals surface area contributed by atoms with Crippen molar-refractivity contribution in [3.8, 4) is 28.4 Å². The Balaban J connectivity index is 1.75. The van der Waals surface area contributed by atoms with Gasteiger partial charge in [-0.05, 0) is 51.0 Å². The summed E-state index contributed by atoms with van der Waals surface area (Å²) in [5.74, 6) is 1.79. The van der Waals surface area contributed by atoms with Crippen molar-refractivity contribution in [1.82, 2.24) is 29.2 Å². The van der Waals surface area contributed by atoms with Crippen LogP contribution in [-0.4, -0.2) is 50.4 Å². The molecule has 0 saturated carbocycles. The van der Waals surface area contributed by atoms with Crippen LogP contribution in [0.1, 0.15) is 12.0 Å². The van der Waals surface area contributed by atoms with Crippen LogP contribution >= 0.6 is 11.9 Å². The van der Waals surface area contributed by atoms with Crippen molar-refractivity contribution in [2.45, 2.75) is 13.3 Å². The Kier molecular flexibility index (Phi) is 6.34. The van der Waals surface area contributed by atoms with Gasteiger partial charge in [-0.1, -0.05) is 12.1 Å². The molecule has 3 N–H and O–H groups in total. The third kappa shape index (κ3) is 4.33. The molecule has 0 amide bonds. The number of hydrogen-bond acceptors (Lipinski definition) is 8. The Morgan fingerprint density at radius 2 is 2.13 bits per heavy atom. The van der Waals surface area contributed by atoms with Gasteiger partial charge in [0, 0.05) is 40.7 Å². The number of nitrogens with zero attached hydrogens (tertiary/aromatic N) is 5. The second-order valence-electron chi connectivity index (χ2n) is 7.05. The van der Waals surface area contributed by atoms with Crippen LogP contribution in [0.15, 0.2) is 43.0 Å². The van der Waals surface area contributed by atoms with Gasteiger partial charge in [0.25, 0.3) is 0 Å². The van der Waals surface area contributed by atoms with E-state index in [1.54, 1.807) is 24.5 Å². The van der Waals surface area contributed by atoms with E-state index in [0.29, 0.717) is 18.2 Å². The van der Waals surface area contributed by atoms with Crippen molar-refractivity contribution < 1.29 is 4.74 Å². The van der Waals surface area contributed by atoms with Crippen LogP contribution in [0.4, 0.5) is 5.82 Å². The van der Waals surface area contributed by atoms with Crippen molar-refractivity contribution in [2.75, 3.05) is 32.2 Å². The first-order valence-electron chi connectivity index (χ1n) is 10.00. The van der Waals surface area contributed by atoms with Gasteiger partial charge in [0.15, 0.2) is 11.5 Å². The summed E-state index contributed by atoms with van der Waals surface area (Å²) in [5.41, 5.74) is 10.5. The Morgan fingerprint density at radius 1 is 1.26 bits per heavy atom. The van der Waals surface area contributed by atoms with Crippen molar-refractivity contribution in [3.63, 3.8) is 0 Å². The summed E-state index contributed by atoms with van der Waals surface area (Å²) >= 11 is 1.57. The summed E-state index contributed by atoms with van der Waals surface area (Å²) in [6, 6.07) is 7.78. The van der Waals surface area contributed by atoms with Crippen LogP contribution < -0.4 is 15.8 Å². The lowest BCUT2D eigenvalue weighted by Gasteiger charge is -2.11. The predicted molar refractivity (Wildman–Crippen MR) is 126 cm³/mol. The second-order valence-corrected chi connectivity index (χ2v) is 7.81. The van der Waals surface area contributed by atoms with Crippen molar-refractivity contribution in [1.29, 1.82) is 0 Å². The van der Waals surface area contributed by atoms with E-state index in [1.165, 1.54) is 0 Å². The molecule has 8 nitrogen and oxygen atoms in total. The van der Waals surface area contributed by atoms with E-state index in [0.717, 1.165) is 52.1 Å². The van der Waals surface area contributed by atoms with Gasteiger partial charge in [-0.2, -0.15) is 0 Å². The number of nitrogen functional groups attached to an aromatic ring is 1. The maximum absolute atomic E-state index is 6.30. The van der Waals surface area contributed by atoms with Gasteiger partial charge < -0.3 is 15.8 Å². The summed E-state index contributed by atoms with van der Waals surface area (Å²) in [6.07, 6.45) is 8.30. The lowest BCUT2D eigenvalue weighted by atomic mass is 10.1. The van der Waals surface area contributed by atoms with Crippen LogP contribution in [0.5, 0.6) is 5.75 Å². The van der Waals surface area contributed by atoms with E-state index in [2.05, 4.69) is 20.3 Å². The van der Waals surface area contributed by atoms with Gasteiger partial charge in [0.2, 0.25) is 0 Å². The van der Waals surface area contributed by atoms with E-state index >= 15 is 0 Å². The molecule has 4 rings (SSSR count). The average molecular weight is 436 g/mol. The third-order valence-electron chi connectivity index (χ3n) is 5.00. The van der Waals surface area contributed by atoms with Gasteiger partial charge in [0.05, 0.1) is 12.3 Å². The molecule has 0 radical (unpaired) electrons. The zero-order valence-electron chi connectivity index (χ0n) is 17.8. The van der Waals surface area contributed by atoms with Gasteiger partial charge in [0.1, 0.15) is 17.9 Å². The van der Waals surface area contributed by atoms with Crippen LogP contribution in [-0.2, 0) is 0 Å². The van der Waals surface area contributed by atoms with Gasteiger partial charge in [-0.3, -0.25) is 3.97 Å². The number of anilines is 1. The fourth-order valence-electron chi connectivity index (χ4n) is 3.35. The lowest BCUT2D eigenvalue weighted by Crippen LogP contribution is -2.11. The van der Waals surface area contributed by atoms with E-state index in [4.69, 9.17) is 15.5 Å². The summed E-state index contributed by atoms with van der Waals surface area (Å²) in [7, 11) is 1.93. The number of nitrogens with two attached hydrogens (primary N) is 1. The normalized spacial score (nSPS) is 11.2. The van der Waals surface area contributed by atoms with Crippen molar-refractivity contribution >= 4 is 28.8 Å². The molecule has 0 spiro atoms. The number of hydrogen-bond donors (Lipinski definition) is 2. The third-order valence-corrected chi connectivity index (χ3v) is 5.68. The largest absolute Gasteiger partial charge is 0.494 e.